The number of benzene rings is 1. The lowest BCUT2D eigenvalue weighted by atomic mass is 9.45. The molecule has 4 fully saturated rings. The van der Waals surface area contributed by atoms with E-state index >= 15 is 0 Å². The summed E-state index contributed by atoms with van der Waals surface area (Å²) in [5.41, 5.74) is 7.32. The van der Waals surface area contributed by atoms with Crippen molar-refractivity contribution in [2.45, 2.75) is 71.4 Å². The van der Waals surface area contributed by atoms with Gasteiger partial charge in [0.1, 0.15) is 17.9 Å². The molecule has 1 saturated heterocycles. The largest absolute Gasteiger partial charge is 0.496 e. The molecule has 3 saturated carbocycles. The first-order valence-corrected chi connectivity index (χ1v) is 13.1. The summed E-state index contributed by atoms with van der Waals surface area (Å²) in [6.07, 6.45) is 0.594. The van der Waals surface area contributed by atoms with Crippen LogP contribution in [0.25, 0.3) is 0 Å². The van der Waals surface area contributed by atoms with E-state index in [0.29, 0.717) is 35.5 Å². The van der Waals surface area contributed by atoms with Gasteiger partial charge in [-0.1, -0.05) is 39.0 Å². The molecule has 8 atom stereocenters. The van der Waals surface area contributed by atoms with Gasteiger partial charge in [-0.2, -0.15) is 5.06 Å². The highest BCUT2D eigenvalue weighted by molar-refractivity contribution is 5.83. The Morgan fingerprint density at radius 1 is 1.28 bits per heavy atom. The molecule has 0 radical (unpaired) electrons. The van der Waals surface area contributed by atoms with E-state index in [2.05, 4.69) is 31.4 Å². The van der Waals surface area contributed by atoms with Gasteiger partial charge in [0.15, 0.2) is 0 Å². The molecule has 2 bridgehead atoms. The van der Waals surface area contributed by atoms with Gasteiger partial charge in [-0.05, 0) is 49.0 Å². The van der Waals surface area contributed by atoms with Crippen molar-refractivity contribution in [2.24, 2.45) is 34.8 Å². The van der Waals surface area contributed by atoms with E-state index in [4.69, 9.17) is 20.0 Å². The van der Waals surface area contributed by atoms with Crippen LogP contribution in [0.1, 0.15) is 46.1 Å². The number of carbonyl (C=O) groups excluding carboxylic acids is 2. The van der Waals surface area contributed by atoms with Crippen LogP contribution in [0.5, 0.6) is 5.75 Å². The third kappa shape index (κ3) is 4.80. The van der Waals surface area contributed by atoms with Crippen LogP contribution in [0, 0.1) is 29.1 Å². The first kappa shape index (κ1) is 26.7. The number of carbonyl (C=O) groups is 2. The summed E-state index contributed by atoms with van der Waals surface area (Å²) in [6, 6.07) is 7.09. The molecule has 1 heterocycles. The minimum atomic E-state index is -0.679. The highest BCUT2D eigenvalue weighted by atomic mass is 16.7. The van der Waals surface area contributed by atoms with E-state index in [1.807, 2.05) is 24.3 Å². The SMILES string of the molecule is CNC(=O)O[C@@H](C)[C@@H]1[C@H](CN)ON(Cc2ccccc2OC)[C@@H]1C(=O)N[C@H]1C[C@H]2C[C@@H]([C@@H]1C)C2(C)C. The predicted octanol–water partition coefficient (Wildman–Crippen LogP) is 2.69. The molecule has 0 aromatic heterocycles. The van der Waals surface area contributed by atoms with Crippen molar-refractivity contribution in [1.82, 2.24) is 15.7 Å². The number of nitrogens with one attached hydrogen (secondary N) is 2. The minimum absolute atomic E-state index is 0.107. The molecule has 9 nitrogen and oxygen atoms in total. The molecule has 3 aliphatic carbocycles. The standard InChI is InChI=1S/C27H42N4O5/c1-15-19-11-18(27(19,3)4)12-20(15)30-25(32)24-23(16(2)35-26(33)29-5)22(13-28)36-31(24)14-17-9-7-8-10-21(17)34-6/h7-10,15-16,18-20,22-24H,11-14,28H2,1-6H3,(H,29,33)(H,30,32)/t15-,16-,18+,19-,20-,22-,23+,24-/m0/s1. The van der Waals surface area contributed by atoms with Crippen molar-refractivity contribution in [3.05, 3.63) is 29.8 Å². The Bertz CT molecular complexity index is 956. The number of nitrogens with two attached hydrogens (primary N) is 1. The Morgan fingerprint density at radius 2 is 2.00 bits per heavy atom. The Kier molecular flexibility index (Phi) is 7.83. The summed E-state index contributed by atoms with van der Waals surface area (Å²) >= 11 is 0. The molecule has 36 heavy (non-hydrogen) atoms. The fraction of sp³-hybridized carbons (Fsp3) is 0.704. The first-order valence-electron chi connectivity index (χ1n) is 13.1. The van der Waals surface area contributed by atoms with Crippen LogP contribution in [0.15, 0.2) is 24.3 Å². The van der Waals surface area contributed by atoms with Gasteiger partial charge in [0.25, 0.3) is 0 Å². The number of alkyl carbamates (subject to hydrolysis) is 1. The molecule has 9 heteroatoms. The Morgan fingerprint density at radius 3 is 2.61 bits per heavy atom. The number of rotatable bonds is 8. The van der Waals surface area contributed by atoms with E-state index in [0.717, 1.165) is 12.0 Å². The molecule has 0 unspecified atom stereocenters. The molecular formula is C27H42N4O5. The highest BCUT2D eigenvalue weighted by Crippen LogP contribution is 2.61. The lowest BCUT2D eigenvalue weighted by molar-refractivity contribution is -0.175. The van der Waals surface area contributed by atoms with Gasteiger partial charge in [-0.25, -0.2) is 4.79 Å². The summed E-state index contributed by atoms with van der Waals surface area (Å²) in [4.78, 5) is 32.3. The molecule has 1 aromatic carbocycles. The average Bonchev–Trinajstić information content (AvgIpc) is 3.23. The summed E-state index contributed by atoms with van der Waals surface area (Å²) in [5, 5.41) is 7.54. The third-order valence-corrected chi connectivity index (χ3v) is 9.12. The number of methoxy groups -OCH3 is 1. The molecule has 1 aromatic rings. The number of fused-ring (bicyclic) bond motifs is 2. The Balaban J connectivity index is 1.59. The number of amides is 2. The maximum atomic E-state index is 14.0. The molecule has 200 valence electrons. The molecule has 5 rings (SSSR count). The number of nitrogens with zero attached hydrogens (tertiary/aromatic N) is 1. The summed E-state index contributed by atoms with van der Waals surface area (Å²) in [6.45, 7) is 9.26. The quantitative estimate of drug-likeness (QED) is 0.501. The molecule has 0 spiro atoms. The molecule has 1 aliphatic heterocycles. The van der Waals surface area contributed by atoms with Gasteiger partial charge in [0.2, 0.25) is 5.91 Å². The smallest absolute Gasteiger partial charge is 0.407 e. The topological polar surface area (TPSA) is 115 Å². The zero-order valence-electron chi connectivity index (χ0n) is 22.3. The number of hydroxylamine groups is 2. The number of para-hydroxylation sites is 1. The molecule has 2 amide bonds. The van der Waals surface area contributed by atoms with Gasteiger partial charge in [0, 0.05) is 25.2 Å². The van der Waals surface area contributed by atoms with E-state index in [-0.39, 0.29) is 18.5 Å². The second-order valence-electron chi connectivity index (χ2n) is 11.2. The van der Waals surface area contributed by atoms with Gasteiger partial charge in [-0.3, -0.25) is 9.63 Å². The molecular weight excluding hydrogens is 460 g/mol. The van der Waals surface area contributed by atoms with E-state index in [9.17, 15) is 9.59 Å². The number of hydrogen-bond donors (Lipinski definition) is 3. The van der Waals surface area contributed by atoms with Gasteiger partial charge < -0.3 is 25.8 Å². The average molecular weight is 503 g/mol. The maximum Gasteiger partial charge on any atom is 0.407 e. The molecule has 4 aliphatic rings. The summed E-state index contributed by atoms with van der Waals surface area (Å²) in [5.74, 6) is 1.78. The predicted molar refractivity (Wildman–Crippen MR) is 136 cm³/mol. The zero-order chi connectivity index (χ0) is 26.2. The van der Waals surface area contributed by atoms with Crippen molar-refractivity contribution in [3.63, 3.8) is 0 Å². The van der Waals surface area contributed by atoms with Crippen LogP contribution in [0.3, 0.4) is 0 Å². The van der Waals surface area contributed by atoms with Crippen molar-refractivity contribution < 1.29 is 23.9 Å². The monoisotopic (exact) mass is 502 g/mol. The summed E-state index contributed by atoms with van der Waals surface area (Å²) < 4.78 is 11.1. The maximum absolute atomic E-state index is 14.0. The summed E-state index contributed by atoms with van der Waals surface area (Å²) in [7, 11) is 3.13. The van der Waals surface area contributed by atoms with Crippen LogP contribution in [-0.4, -0.2) is 62.1 Å². The second-order valence-corrected chi connectivity index (χ2v) is 11.2. The van der Waals surface area contributed by atoms with Crippen LogP contribution >= 0.6 is 0 Å². The van der Waals surface area contributed by atoms with E-state index in [1.165, 1.54) is 13.5 Å². The third-order valence-electron chi connectivity index (χ3n) is 9.12. The zero-order valence-corrected chi connectivity index (χ0v) is 22.3. The van der Waals surface area contributed by atoms with Gasteiger partial charge in [-0.15, -0.1) is 0 Å². The normalized spacial score (nSPS) is 33.8. The lowest BCUT2D eigenvalue weighted by Crippen LogP contribution is -2.62. The van der Waals surface area contributed by atoms with Crippen LogP contribution in [0.2, 0.25) is 0 Å². The Hall–Kier alpha value is -2.36. The fourth-order valence-electron chi connectivity index (χ4n) is 6.82. The van der Waals surface area contributed by atoms with Crippen LogP contribution in [0.4, 0.5) is 4.79 Å². The fourth-order valence-corrected chi connectivity index (χ4v) is 6.82. The van der Waals surface area contributed by atoms with Crippen LogP contribution in [-0.2, 0) is 20.9 Å². The Labute approximate surface area is 214 Å². The van der Waals surface area contributed by atoms with E-state index < -0.39 is 30.3 Å². The van der Waals surface area contributed by atoms with Gasteiger partial charge in [0.05, 0.1) is 25.7 Å². The van der Waals surface area contributed by atoms with Crippen molar-refractivity contribution >= 4 is 12.0 Å². The van der Waals surface area contributed by atoms with Crippen molar-refractivity contribution in [1.29, 1.82) is 0 Å². The highest BCUT2D eigenvalue weighted by Gasteiger charge is 2.57. The van der Waals surface area contributed by atoms with Gasteiger partial charge >= 0.3 is 6.09 Å². The van der Waals surface area contributed by atoms with Crippen molar-refractivity contribution in [2.75, 3.05) is 20.7 Å². The van der Waals surface area contributed by atoms with Crippen LogP contribution < -0.4 is 21.1 Å². The number of ether oxygens (including phenoxy) is 2. The van der Waals surface area contributed by atoms with Crippen molar-refractivity contribution in [3.8, 4) is 5.75 Å². The number of hydrogen-bond acceptors (Lipinski definition) is 7. The minimum Gasteiger partial charge on any atom is -0.496 e. The lowest BCUT2D eigenvalue weighted by Gasteiger charge is -2.62. The second kappa shape index (κ2) is 10.6. The molecule has 4 N–H and O–H groups in total. The first-order chi connectivity index (χ1) is 17.1. The van der Waals surface area contributed by atoms with E-state index in [1.54, 1.807) is 19.1 Å².